The maximum atomic E-state index is 12.1. The SMILES string of the molecule is CC(C)(C)OC(=O)C1CCc2nc(N)c(C#N)n2C1. The van der Waals surface area contributed by atoms with Gasteiger partial charge in [0.1, 0.15) is 17.5 Å². The van der Waals surface area contributed by atoms with Gasteiger partial charge in [0, 0.05) is 13.0 Å². The van der Waals surface area contributed by atoms with Crippen LogP contribution in [0.4, 0.5) is 5.82 Å². The van der Waals surface area contributed by atoms with Crippen molar-refractivity contribution in [3.05, 3.63) is 11.5 Å². The van der Waals surface area contributed by atoms with Gasteiger partial charge in [0.05, 0.1) is 5.92 Å². The Hall–Kier alpha value is -2.03. The predicted molar refractivity (Wildman–Crippen MR) is 69.0 cm³/mol. The second-order valence-corrected chi connectivity index (χ2v) is 5.75. The number of hydrogen-bond acceptors (Lipinski definition) is 5. The number of esters is 1. The number of anilines is 1. The standard InChI is InChI=1S/C13H18N4O2/c1-13(2,3)19-12(18)8-4-5-10-16-11(15)9(6-14)17(10)7-8/h8H,4-5,7,15H2,1-3H3. The number of aryl methyl sites for hydroxylation is 1. The van der Waals surface area contributed by atoms with E-state index in [4.69, 9.17) is 15.7 Å². The van der Waals surface area contributed by atoms with Crippen molar-refractivity contribution in [2.24, 2.45) is 5.92 Å². The number of fused-ring (bicyclic) bond motifs is 1. The summed E-state index contributed by atoms with van der Waals surface area (Å²) in [5.41, 5.74) is 5.52. The zero-order chi connectivity index (χ0) is 14.2. The van der Waals surface area contributed by atoms with E-state index in [1.165, 1.54) is 0 Å². The van der Waals surface area contributed by atoms with Gasteiger partial charge in [-0.3, -0.25) is 4.79 Å². The van der Waals surface area contributed by atoms with Crippen LogP contribution in [0, 0.1) is 17.2 Å². The molecule has 0 amide bonds. The Morgan fingerprint density at radius 3 is 2.84 bits per heavy atom. The number of nitrogens with zero attached hydrogens (tertiary/aromatic N) is 3. The Labute approximate surface area is 112 Å². The monoisotopic (exact) mass is 262 g/mol. The molecular formula is C13H18N4O2. The van der Waals surface area contributed by atoms with E-state index in [1.807, 2.05) is 26.8 Å². The van der Waals surface area contributed by atoms with Crippen LogP contribution >= 0.6 is 0 Å². The molecule has 1 aliphatic heterocycles. The molecule has 0 aromatic carbocycles. The molecule has 6 nitrogen and oxygen atoms in total. The van der Waals surface area contributed by atoms with Crippen LogP contribution in [-0.4, -0.2) is 21.1 Å². The third-order valence-corrected chi connectivity index (χ3v) is 3.04. The number of nitriles is 1. The van der Waals surface area contributed by atoms with Crippen LogP contribution in [0.15, 0.2) is 0 Å². The highest BCUT2D eigenvalue weighted by Gasteiger charge is 2.31. The number of imidazole rings is 1. The molecule has 0 saturated heterocycles. The molecule has 1 atom stereocenters. The fourth-order valence-corrected chi connectivity index (χ4v) is 2.22. The van der Waals surface area contributed by atoms with Crippen LogP contribution in [0.1, 0.15) is 38.7 Å². The summed E-state index contributed by atoms with van der Waals surface area (Å²) in [4.78, 5) is 16.2. The van der Waals surface area contributed by atoms with Crippen LogP contribution in [-0.2, 0) is 22.5 Å². The maximum absolute atomic E-state index is 12.1. The first kappa shape index (κ1) is 13.4. The van der Waals surface area contributed by atoms with Gasteiger partial charge in [-0.2, -0.15) is 5.26 Å². The topological polar surface area (TPSA) is 93.9 Å². The number of rotatable bonds is 1. The Morgan fingerprint density at radius 1 is 1.58 bits per heavy atom. The maximum Gasteiger partial charge on any atom is 0.311 e. The fourth-order valence-electron chi connectivity index (χ4n) is 2.22. The number of nitrogens with two attached hydrogens (primary N) is 1. The molecule has 19 heavy (non-hydrogen) atoms. The van der Waals surface area contributed by atoms with E-state index in [0.29, 0.717) is 25.1 Å². The summed E-state index contributed by atoms with van der Waals surface area (Å²) in [7, 11) is 0. The van der Waals surface area contributed by atoms with Crippen molar-refractivity contribution in [2.45, 2.75) is 45.8 Å². The first-order valence-corrected chi connectivity index (χ1v) is 6.29. The van der Waals surface area contributed by atoms with E-state index in [-0.39, 0.29) is 17.7 Å². The Balaban J connectivity index is 2.18. The van der Waals surface area contributed by atoms with Gasteiger partial charge in [-0.15, -0.1) is 0 Å². The molecule has 1 aromatic rings. The van der Waals surface area contributed by atoms with Crippen molar-refractivity contribution < 1.29 is 9.53 Å². The van der Waals surface area contributed by atoms with Gasteiger partial charge in [-0.1, -0.05) is 0 Å². The molecule has 1 aliphatic rings. The summed E-state index contributed by atoms with van der Waals surface area (Å²) < 4.78 is 7.12. The van der Waals surface area contributed by atoms with E-state index in [2.05, 4.69) is 4.98 Å². The van der Waals surface area contributed by atoms with Gasteiger partial charge in [0.2, 0.25) is 0 Å². The zero-order valence-electron chi connectivity index (χ0n) is 11.4. The third kappa shape index (κ3) is 2.70. The molecule has 102 valence electrons. The lowest BCUT2D eigenvalue weighted by Gasteiger charge is -2.27. The Kier molecular flexibility index (Phi) is 3.23. The second kappa shape index (κ2) is 4.57. The highest BCUT2D eigenvalue weighted by atomic mass is 16.6. The van der Waals surface area contributed by atoms with Crippen LogP contribution in [0.5, 0.6) is 0 Å². The Bertz CT molecular complexity index is 548. The molecule has 0 aliphatic carbocycles. The minimum absolute atomic E-state index is 0.227. The molecule has 2 heterocycles. The molecule has 2 N–H and O–H groups in total. The van der Waals surface area contributed by atoms with E-state index < -0.39 is 5.60 Å². The average Bonchev–Trinajstić information content (AvgIpc) is 2.60. The molecular weight excluding hydrogens is 244 g/mol. The molecule has 0 saturated carbocycles. The summed E-state index contributed by atoms with van der Waals surface area (Å²) in [5, 5.41) is 9.07. The van der Waals surface area contributed by atoms with Crippen LogP contribution in [0.25, 0.3) is 0 Å². The lowest BCUT2D eigenvalue weighted by Crippen LogP contribution is -2.33. The molecule has 0 fully saturated rings. The van der Waals surface area contributed by atoms with E-state index in [1.54, 1.807) is 4.57 Å². The normalized spacial score (nSPS) is 18.5. The molecule has 1 aromatic heterocycles. The van der Waals surface area contributed by atoms with Crippen LogP contribution < -0.4 is 5.73 Å². The number of aromatic nitrogens is 2. The van der Waals surface area contributed by atoms with Gasteiger partial charge in [-0.05, 0) is 27.2 Å². The number of ether oxygens (including phenoxy) is 1. The number of carbonyl (C=O) groups is 1. The quantitative estimate of drug-likeness (QED) is 0.768. The molecule has 0 bridgehead atoms. The first-order chi connectivity index (χ1) is 8.81. The lowest BCUT2D eigenvalue weighted by atomic mass is 9.99. The largest absolute Gasteiger partial charge is 0.460 e. The zero-order valence-corrected chi connectivity index (χ0v) is 11.4. The predicted octanol–water partition coefficient (Wildman–Crippen LogP) is 1.24. The number of nitrogen functional groups attached to an aromatic ring is 1. The van der Waals surface area contributed by atoms with Gasteiger partial charge >= 0.3 is 5.97 Å². The number of hydrogen-bond donors (Lipinski definition) is 1. The van der Waals surface area contributed by atoms with Crippen molar-refractivity contribution in [3.63, 3.8) is 0 Å². The van der Waals surface area contributed by atoms with Gasteiger partial charge < -0.3 is 15.0 Å². The highest BCUT2D eigenvalue weighted by molar-refractivity contribution is 5.73. The van der Waals surface area contributed by atoms with E-state index >= 15 is 0 Å². The molecule has 0 radical (unpaired) electrons. The number of carbonyl (C=O) groups excluding carboxylic acids is 1. The lowest BCUT2D eigenvalue weighted by molar-refractivity contribution is -0.161. The molecule has 0 spiro atoms. The average molecular weight is 262 g/mol. The summed E-state index contributed by atoms with van der Waals surface area (Å²) >= 11 is 0. The van der Waals surface area contributed by atoms with Gasteiger partial charge in [-0.25, -0.2) is 4.98 Å². The highest BCUT2D eigenvalue weighted by Crippen LogP contribution is 2.26. The van der Waals surface area contributed by atoms with Crippen molar-refractivity contribution in [1.82, 2.24) is 9.55 Å². The van der Waals surface area contributed by atoms with Crippen molar-refractivity contribution >= 4 is 11.8 Å². The summed E-state index contributed by atoms with van der Waals surface area (Å²) in [5.74, 6) is 0.540. The van der Waals surface area contributed by atoms with Crippen LogP contribution in [0.2, 0.25) is 0 Å². The van der Waals surface area contributed by atoms with Crippen LogP contribution in [0.3, 0.4) is 0 Å². The van der Waals surface area contributed by atoms with E-state index in [0.717, 1.165) is 5.82 Å². The summed E-state index contributed by atoms with van der Waals surface area (Å²) in [6.45, 7) is 5.94. The smallest absolute Gasteiger partial charge is 0.311 e. The first-order valence-electron chi connectivity index (χ1n) is 6.29. The molecule has 6 heteroatoms. The minimum atomic E-state index is -0.497. The molecule has 2 rings (SSSR count). The van der Waals surface area contributed by atoms with Crippen molar-refractivity contribution in [2.75, 3.05) is 5.73 Å². The van der Waals surface area contributed by atoms with Gasteiger partial charge in [0.25, 0.3) is 0 Å². The second-order valence-electron chi connectivity index (χ2n) is 5.75. The summed E-state index contributed by atoms with van der Waals surface area (Å²) in [6.07, 6.45) is 1.31. The minimum Gasteiger partial charge on any atom is -0.460 e. The summed E-state index contributed by atoms with van der Waals surface area (Å²) in [6, 6.07) is 2.03. The molecule has 1 unspecified atom stereocenters. The van der Waals surface area contributed by atoms with E-state index in [9.17, 15) is 4.79 Å². The van der Waals surface area contributed by atoms with Gasteiger partial charge in [0.15, 0.2) is 11.5 Å². The van der Waals surface area contributed by atoms with Crippen molar-refractivity contribution in [1.29, 1.82) is 5.26 Å². The Morgan fingerprint density at radius 2 is 2.26 bits per heavy atom. The van der Waals surface area contributed by atoms with Crippen molar-refractivity contribution in [3.8, 4) is 6.07 Å². The third-order valence-electron chi connectivity index (χ3n) is 3.04. The fraction of sp³-hybridized carbons (Fsp3) is 0.615.